The van der Waals surface area contributed by atoms with E-state index in [1.807, 2.05) is 0 Å². The molecule has 0 radical (unpaired) electrons. The molecule has 3 aromatic rings. The molecule has 0 unspecified atom stereocenters. The summed E-state index contributed by atoms with van der Waals surface area (Å²) in [6.07, 6.45) is -0.450. The second-order valence-corrected chi connectivity index (χ2v) is 10.4. The molecular formula is C29H29F4N5O2S. The number of halogens is 4. The van der Waals surface area contributed by atoms with Crippen molar-refractivity contribution in [1.29, 1.82) is 0 Å². The Morgan fingerprint density at radius 1 is 1.22 bits per heavy atom. The number of anilines is 2. The van der Waals surface area contributed by atoms with E-state index in [9.17, 15) is 22.4 Å². The van der Waals surface area contributed by atoms with Crippen molar-refractivity contribution in [1.82, 2.24) is 10.2 Å². The number of alkyl halides is 3. The molecule has 2 heterocycles. The number of aromatic nitrogens is 2. The predicted octanol–water partition coefficient (Wildman–Crippen LogP) is 6.85. The average molecular weight is 588 g/mol. The minimum atomic E-state index is -4.89. The highest BCUT2D eigenvalue weighted by Gasteiger charge is 2.41. The van der Waals surface area contributed by atoms with Crippen LogP contribution in [0.25, 0.3) is 4.91 Å². The Morgan fingerprint density at radius 2 is 2.00 bits per heavy atom. The topological polar surface area (TPSA) is 93.4 Å². The van der Waals surface area contributed by atoms with Gasteiger partial charge >= 0.3 is 6.18 Å². The van der Waals surface area contributed by atoms with Crippen LogP contribution in [0.1, 0.15) is 30.9 Å². The summed E-state index contributed by atoms with van der Waals surface area (Å²) in [7, 11) is 0. The van der Waals surface area contributed by atoms with Crippen LogP contribution in [0.2, 0.25) is 0 Å². The minimum Gasteiger partial charge on any atom is -0.454 e. The highest BCUT2D eigenvalue weighted by Crippen LogP contribution is 2.48. The van der Waals surface area contributed by atoms with Gasteiger partial charge in [0.1, 0.15) is 11.3 Å². The Morgan fingerprint density at radius 3 is 2.68 bits per heavy atom. The first-order valence-corrected chi connectivity index (χ1v) is 13.7. The maximum Gasteiger partial charge on any atom is 0.422 e. The summed E-state index contributed by atoms with van der Waals surface area (Å²) in [4.78, 5) is 15.3. The Kier molecular flexibility index (Phi) is 9.66. The summed E-state index contributed by atoms with van der Waals surface area (Å²) in [5.74, 6) is -2.35. The molecule has 4 rings (SSSR count). The molecule has 0 aliphatic carbocycles. The van der Waals surface area contributed by atoms with Gasteiger partial charge in [-0.2, -0.15) is 23.4 Å². The zero-order valence-corrected chi connectivity index (χ0v) is 23.1. The van der Waals surface area contributed by atoms with Crippen molar-refractivity contribution >= 4 is 33.9 Å². The lowest BCUT2D eigenvalue weighted by molar-refractivity contribution is -0.138. The number of nitrogens with two attached hydrogens (primary N) is 1. The summed E-state index contributed by atoms with van der Waals surface area (Å²) < 4.78 is 64.0. The third-order valence-electron chi connectivity index (χ3n) is 6.54. The van der Waals surface area contributed by atoms with E-state index in [1.165, 1.54) is 48.4 Å². The largest absolute Gasteiger partial charge is 0.454 e. The van der Waals surface area contributed by atoms with E-state index in [0.717, 1.165) is 24.1 Å². The Hall–Kier alpha value is -3.90. The number of hydrogen-bond donors (Lipinski definition) is 2. The molecule has 1 amide bonds. The summed E-state index contributed by atoms with van der Waals surface area (Å²) in [5.41, 5.74) is 5.44. The predicted molar refractivity (Wildman–Crippen MR) is 153 cm³/mol. The second kappa shape index (κ2) is 13.2. The Balaban J connectivity index is 1.71. The van der Waals surface area contributed by atoms with Gasteiger partial charge in [0.25, 0.3) is 5.91 Å². The standard InChI is InChI=1S/C29H29F4N5O2S/c1-18(17-41-19(2)21-11-12-35-36-15-21)28(39)37-23-9-10-25(40-24-8-4-3-7-22(24)30)26(29(31,32)33)27(23)38-13-5-6-20(14-34)16-38/h3-4,7-12,15,17,20H,2,5-6,13-14,16,34H2,1H3,(H,37,39)/b18-17+/t20-/m0/s1. The van der Waals surface area contributed by atoms with Crippen LogP contribution in [-0.2, 0) is 11.0 Å². The van der Waals surface area contributed by atoms with Crippen molar-refractivity contribution in [2.75, 3.05) is 29.9 Å². The van der Waals surface area contributed by atoms with Gasteiger partial charge in [-0.15, -0.1) is 0 Å². The molecule has 1 saturated heterocycles. The lowest BCUT2D eigenvalue weighted by Gasteiger charge is -2.37. The molecule has 0 saturated carbocycles. The fraction of sp³-hybridized carbons (Fsp3) is 0.276. The fourth-order valence-electron chi connectivity index (χ4n) is 4.43. The molecule has 12 heteroatoms. The number of carbonyl (C=O) groups is 1. The zero-order valence-electron chi connectivity index (χ0n) is 22.2. The molecule has 1 aliphatic rings. The monoisotopic (exact) mass is 587 g/mol. The first kappa shape index (κ1) is 30.1. The Bertz CT molecular complexity index is 1430. The van der Waals surface area contributed by atoms with E-state index in [4.69, 9.17) is 10.5 Å². The van der Waals surface area contributed by atoms with Gasteiger partial charge in [-0.25, -0.2) is 4.39 Å². The van der Waals surface area contributed by atoms with Crippen LogP contribution < -0.4 is 20.7 Å². The van der Waals surface area contributed by atoms with Crippen molar-refractivity contribution in [2.45, 2.75) is 25.9 Å². The van der Waals surface area contributed by atoms with Gasteiger partial charge in [-0.05, 0) is 68.0 Å². The maximum absolute atomic E-state index is 14.7. The third-order valence-corrected chi connectivity index (χ3v) is 7.53. The number of carbonyl (C=O) groups excluding carboxylic acids is 1. The van der Waals surface area contributed by atoms with Gasteiger partial charge in [0.15, 0.2) is 11.6 Å². The van der Waals surface area contributed by atoms with Gasteiger partial charge in [0.05, 0.1) is 23.8 Å². The molecule has 7 nitrogen and oxygen atoms in total. The van der Waals surface area contributed by atoms with Gasteiger partial charge in [0, 0.05) is 29.1 Å². The summed E-state index contributed by atoms with van der Waals surface area (Å²) in [6.45, 7) is 6.39. The lowest BCUT2D eigenvalue weighted by atomic mass is 9.96. The van der Waals surface area contributed by atoms with Crippen LogP contribution in [-0.4, -0.2) is 35.7 Å². The van der Waals surface area contributed by atoms with E-state index in [-0.39, 0.29) is 35.2 Å². The normalized spacial score (nSPS) is 15.9. The number of thioether (sulfide) groups is 1. The first-order chi connectivity index (χ1) is 19.6. The summed E-state index contributed by atoms with van der Waals surface area (Å²) >= 11 is 1.18. The SMILES string of the molecule is C=C(S/C=C(\C)C(=O)Nc1ccc(Oc2ccccc2F)c(C(F)(F)F)c1N1CCC[C@@H](CN)C1)c1ccnnc1. The molecule has 0 bridgehead atoms. The highest BCUT2D eigenvalue weighted by molar-refractivity contribution is 8.10. The number of para-hydroxylation sites is 1. The van der Waals surface area contributed by atoms with Gasteiger partial charge in [-0.3, -0.25) is 4.79 Å². The van der Waals surface area contributed by atoms with Gasteiger partial charge in [-0.1, -0.05) is 30.5 Å². The van der Waals surface area contributed by atoms with E-state index >= 15 is 0 Å². The lowest BCUT2D eigenvalue weighted by Crippen LogP contribution is -2.40. The van der Waals surface area contributed by atoms with Gasteiger partial charge < -0.3 is 20.7 Å². The fourth-order valence-corrected chi connectivity index (χ4v) is 5.11. The molecule has 2 aromatic carbocycles. The number of ether oxygens (including phenoxy) is 1. The van der Waals surface area contributed by atoms with E-state index in [2.05, 4.69) is 22.1 Å². The van der Waals surface area contributed by atoms with Crippen LogP contribution in [0.3, 0.4) is 0 Å². The molecule has 1 fully saturated rings. The van der Waals surface area contributed by atoms with Crippen molar-refractivity contribution in [3.8, 4) is 11.5 Å². The molecule has 216 valence electrons. The van der Waals surface area contributed by atoms with Crippen LogP contribution in [0, 0.1) is 11.7 Å². The summed E-state index contributed by atoms with van der Waals surface area (Å²) in [5, 5.41) is 11.7. The van der Waals surface area contributed by atoms with Crippen LogP contribution in [0.4, 0.5) is 28.9 Å². The molecule has 1 atom stereocenters. The van der Waals surface area contributed by atoms with Crippen molar-refractivity contribution < 1.29 is 27.1 Å². The maximum atomic E-state index is 14.7. The molecule has 1 aromatic heterocycles. The number of rotatable bonds is 9. The highest BCUT2D eigenvalue weighted by atomic mass is 32.2. The van der Waals surface area contributed by atoms with Crippen LogP contribution in [0.5, 0.6) is 11.5 Å². The number of nitrogens with zero attached hydrogens (tertiary/aromatic N) is 3. The molecular weight excluding hydrogens is 558 g/mol. The number of benzene rings is 2. The molecule has 1 aliphatic heterocycles. The zero-order chi connectivity index (χ0) is 29.6. The van der Waals surface area contributed by atoms with E-state index < -0.39 is 29.2 Å². The molecule has 41 heavy (non-hydrogen) atoms. The van der Waals surface area contributed by atoms with Crippen molar-refractivity contribution in [3.05, 3.63) is 89.4 Å². The van der Waals surface area contributed by atoms with Crippen LogP contribution in [0.15, 0.2) is 72.4 Å². The second-order valence-electron chi connectivity index (χ2n) is 9.48. The smallest absolute Gasteiger partial charge is 0.422 e. The first-order valence-electron chi connectivity index (χ1n) is 12.8. The Labute approximate surface area is 239 Å². The van der Waals surface area contributed by atoms with E-state index in [1.54, 1.807) is 23.3 Å². The van der Waals surface area contributed by atoms with Crippen molar-refractivity contribution in [3.63, 3.8) is 0 Å². The van der Waals surface area contributed by atoms with Crippen LogP contribution >= 0.6 is 11.8 Å². The van der Waals surface area contributed by atoms with Gasteiger partial charge in [0.2, 0.25) is 0 Å². The molecule has 0 spiro atoms. The minimum absolute atomic E-state index is 0.0313. The third kappa shape index (κ3) is 7.44. The molecule has 3 N–H and O–H groups in total. The number of piperidine rings is 1. The van der Waals surface area contributed by atoms with Crippen molar-refractivity contribution in [2.24, 2.45) is 11.7 Å². The average Bonchev–Trinajstić information content (AvgIpc) is 2.97. The summed E-state index contributed by atoms with van der Waals surface area (Å²) in [6, 6.07) is 9.37. The number of hydrogen-bond acceptors (Lipinski definition) is 7. The number of amides is 1. The quantitative estimate of drug-likeness (QED) is 0.209. The van der Waals surface area contributed by atoms with E-state index in [0.29, 0.717) is 24.4 Å². The number of nitrogens with one attached hydrogen (secondary N) is 1.